The first-order chi connectivity index (χ1) is 10.2. The van der Waals surface area contributed by atoms with Crippen LogP contribution in [0.15, 0.2) is 34.9 Å². The van der Waals surface area contributed by atoms with Crippen LogP contribution in [0.2, 0.25) is 0 Å². The van der Waals surface area contributed by atoms with Gasteiger partial charge >= 0.3 is 5.97 Å². The van der Waals surface area contributed by atoms with Gasteiger partial charge in [0.1, 0.15) is 6.04 Å². The van der Waals surface area contributed by atoms with E-state index in [1.54, 1.807) is 0 Å². The van der Waals surface area contributed by atoms with E-state index >= 15 is 0 Å². The van der Waals surface area contributed by atoms with Gasteiger partial charge in [0.25, 0.3) is 0 Å². The average Bonchev–Trinajstić information content (AvgIpc) is 2.96. The Morgan fingerprint density at radius 1 is 1.38 bits per heavy atom. The summed E-state index contributed by atoms with van der Waals surface area (Å²) in [6.07, 6.45) is 1.70. The van der Waals surface area contributed by atoms with Crippen molar-refractivity contribution in [3.63, 3.8) is 0 Å². The second kappa shape index (κ2) is 7.54. The molecule has 1 heterocycles. The minimum absolute atomic E-state index is 0.335. The molecule has 6 heteroatoms. The lowest BCUT2D eigenvalue weighted by atomic mass is 10.1. The van der Waals surface area contributed by atoms with E-state index in [0.29, 0.717) is 18.3 Å². The van der Waals surface area contributed by atoms with Gasteiger partial charge in [0.2, 0.25) is 5.89 Å². The number of hydrogen-bond acceptors (Lipinski definition) is 6. The summed E-state index contributed by atoms with van der Waals surface area (Å²) in [6.45, 7) is 2.38. The molecule has 0 aliphatic heterocycles. The van der Waals surface area contributed by atoms with Crippen LogP contribution in [0.4, 0.5) is 0 Å². The molecule has 0 aliphatic rings. The molecular formula is C15H19N3O3. The summed E-state index contributed by atoms with van der Waals surface area (Å²) in [5.41, 5.74) is 0.835. The van der Waals surface area contributed by atoms with Crippen molar-refractivity contribution in [1.82, 2.24) is 15.5 Å². The first-order valence-electron chi connectivity index (χ1n) is 6.92. The number of nitrogens with one attached hydrogen (secondary N) is 1. The van der Waals surface area contributed by atoms with E-state index in [1.807, 2.05) is 37.3 Å². The smallest absolute Gasteiger partial charge is 0.327 e. The second-order valence-electron chi connectivity index (χ2n) is 4.60. The molecule has 112 valence electrons. The molecule has 1 aromatic heterocycles. The van der Waals surface area contributed by atoms with Crippen molar-refractivity contribution in [2.45, 2.75) is 32.4 Å². The number of carbonyl (C=O) groups is 1. The molecule has 0 spiro atoms. The van der Waals surface area contributed by atoms with Gasteiger partial charge in [-0.25, -0.2) is 4.79 Å². The molecule has 21 heavy (non-hydrogen) atoms. The molecule has 0 radical (unpaired) electrons. The van der Waals surface area contributed by atoms with Gasteiger partial charge in [-0.15, -0.1) is 0 Å². The Morgan fingerprint density at radius 3 is 2.81 bits per heavy atom. The predicted octanol–water partition coefficient (Wildman–Crippen LogP) is 2.03. The zero-order chi connectivity index (χ0) is 15.1. The number of nitrogens with zero attached hydrogens (tertiary/aromatic N) is 2. The zero-order valence-electron chi connectivity index (χ0n) is 12.2. The third-order valence-electron chi connectivity index (χ3n) is 3.01. The molecule has 2 rings (SSSR count). The fraction of sp³-hybridized carbons (Fsp3) is 0.400. The van der Waals surface area contributed by atoms with E-state index in [0.717, 1.165) is 18.4 Å². The highest BCUT2D eigenvalue weighted by Gasteiger charge is 2.21. The van der Waals surface area contributed by atoms with Gasteiger partial charge in [-0.1, -0.05) is 42.4 Å². The molecule has 0 saturated heterocycles. The van der Waals surface area contributed by atoms with E-state index in [9.17, 15) is 4.79 Å². The van der Waals surface area contributed by atoms with E-state index in [2.05, 4.69) is 15.5 Å². The van der Waals surface area contributed by atoms with Crippen molar-refractivity contribution in [2.75, 3.05) is 7.11 Å². The molecule has 0 saturated carbocycles. The highest BCUT2D eigenvalue weighted by molar-refractivity contribution is 5.77. The van der Waals surface area contributed by atoms with Crippen LogP contribution in [-0.4, -0.2) is 23.2 Å². The van der Waals surface area contributed by atoms with Crippen molar-refractivity contribution in [2.24, 2.45) is 0 Å². The zero-order valence-corrected chi connectivity index (χ0v) is 12.2. The van der Waals surface area contributed by atoms with Crippen LogP contribution >= 0.6 is 0 Å². The standard InChI is InChI=1S/C15H19N3O3/c1-3-7-13-17-12(18-21-13)10-16-14(15(19)20-2)11-8-5-4-6-9-11/h4-6,8-9,14,16H,3,7,10H2,1-2H3. The molecule has 0 bridgehead atoms. The summed E-state index contributed by atoms with van der Waals surface area (Å²) in [5.74, 6) is 0.797. The largest absolute Gasteiger partial charge is 0.468 e. The summed E-state index contributed by atoms with van der Waals surface area (Å²) in [6, 6.07) is 8.83. The fourth-order valence-electron chi connectivity index (χ4n) is 1.97. The minimum Gasteiger partial charge on any atom is -0.468 e. The predicted molar refractivity (Wildman–Crippen MR) is 76.3 cm³/mol. The number of ether oxygens (including phenoxy) is 1. The maximum Gasteiger partial charge on any atom is 0.327 e. The number of benzene rings is 1. The molecule has 1 aromatic carbocycles. The third-order valence-corrected chi connectivity index (χ3v) is 3.01. The van der Waals surface area contributed by atoms with Crippen LogP contribution in [0.5, 0.6) is 0 Å². The van der Waals surface area contributed by atoms with Crippen molar-refractivity contribution in [3.05, 3.63) is 47.6 Å². The summed E-state index contributed by atoms with van der Waals surface area (Å²) in [5, 5.41) is 6.98. The van der Waals surface area contributed by atoms with E-state index in [1.165, 1.54) is 7.11 Å². The molecule has 1 N–H and O–H groups in total. The molecule has 1 atom stereocenters. The Bertz CT molecular complexity index is 569. The Kier molecular flexibility index (Phi) is 5.45. The quantitative estimate of drug-likeness (QED) is 0.786. The molecule has 2 aromatic rings. The number of carbonyl (C=O) groups excluding carboxylic acids is 1. The highest BCUT2D eigenvalue weighted by Crippen LogP contribution is 2.14. The van der Waals surface area contributed by atoms with Gasteiger partial charge in [0.15, 0.2) is 5.82 Å². The van der Waals surface area contributed by atoms with Crippen molar-refractivity contribution >= 4 is 5.97 Å². The van der Waals surface area contributed by atoms with E-state index < -0.39 is 6.04 Å². The number of hydrogen-bond donors (Lipinski definition) is 1. The van der Waals surface area contributed by atoms with Gasteiger partial charge in [0.05, 0.1) is 13.7 Å². The lowest BCUT2D eigenvalue weighted by molar-refractivity contribution is -0.143. The molecule has 0 amide bonds. The van der Waals surface area contributed by atoms with Crippen LogP contribution < -0.4 is 5.32 Å². The van der Waals surface area contributed by atoms with Crippen LogP contribution in [0.1, 0.15) is 36.7 Å². The molecule has 6 nitrogen and oxygen atoms in total. The molecular weight excluding hydrogens is 270 g/mol. The summed E-state index contributed by atoms with van der Waals surface area (Å²) in [7, 11) is 1.37. The van der Waals surface area contributed by atoms with Crippen LogP contribution in [0.25, 0.3) is 0 Å². The monoisotopic (exact) mass is 289 g/mol. The van der Waals surface area contributed by atoms with Crippen molar-refractivity contribution < 1.29 is 14.1 Å². The molecule has 1 unspecified atom stereocenters. The lowest BCUT2D eigenvalue weighted by Crippen LogP contribution is -2.29. The maximum absolute atomic E-state index is 11.9. The third kappa shape index (κ3) is 4.13. The normalized spacial score (nSPS) is 12.1. The number of esters is 1. The first-order valence-corrected chi connectivity index (χ1v) is 6.92. The Morgan fingerprint density at radius 2 is 2.14 bits per heavy atom. The first kappa shape index (κ1) is 15.2. The minimum atomic E-state index is -0.552. The highest BCUT2D eigenvalue weighted by atomic mass is 16.5. The van der Waals surface area contributed by atoms with Crippen LogP contribution in [0.3, 0.4) is 0 Å². The maximum atomic E-state index is 11.9. The Balaban J connectivity index is 2.03. The average molecular weight is 289 g/mol. The number of aromatic nitrogens is 2. The summed E-state index contributed by atoms with van der Waals surface area (Å²) >= 11 is 0. The number of rotatable bonds is 7. The second-order valence-corrected chi connectivity index (χ2v) is 4.60. The summed E-state index contributed by atoms with van der Waals surface area (Å²) in [4.78, 5) is 16.2. The number of methoxy groups -OCH3 is 1. The van der Waals surface area contributed by atoms with Crippen LogP contribution in [0, 0.1) is 0 Å². The van der Waals surface area contributed by atoms with Gasteiger partial charge in [-0.05, 0) is 12.0 Å². The Hall–Kier alpha value is -2.21. The van der Waals surface area contributed by atoms with Gasteiger partial charge in [-0.2, -0.15) is 4.98 Å². The van der Waals surface area contributed by atoms with E-state index in [-0.39, 0.29) is 5.97 Å². The summed E-state index contributed by atoms with van der Waals surface area (Å²) < 4.78 is 9.95. The molecule has 0 aliphatic carbocycles. The Labute approximate surface area is 123 Å². The van der Waals surface area contributed by atoms with E-state index in [4.69, 9.17) is 9.26 Å². The van der Waals surface area contributed by atoms with Gasteiger partial charge in [0, 0.05) is 6.42 Å². The topological polar surface area (TPSA) is 77.2 Å². The number of aryl methyl sites for hydroxylation is 1. The molecule has 0 fully saturated rings. The van der Waals surface area contributed by atoms with Crippen molar-refractivity contribution in [1.29, 1.82) is 0 Å². The fourth-order valence-corrected chi connectivity index (χ4v) is 1.97. The van der Waals surface area contributed by atoms with Crippen LogP contribution in [-0.2, 0) is 22.5 Å². The van der Waals surface area contributed by atoms with Gasteiger partial charge < -0.3 is 9.26 Å². The lowest BCUT2D eigenvalue weighted by Gasteiger charge is -2.15. The SMILES string of the molecule is CCCc1nc(CNC(C(=O)OC)c2ccccc2)no1. The van der Waals surface area contributed by atoms with Gasteiger partial charge in [-0.3, -0.25) is 5.32 Å². The van der Waals surface area contributed by atoms with Crippen molar-refractivity contribution in [3.8, 4) is 0 Å².